The van der Waals surface area contributed by atoms with E-state index in [9.17, 15) is 0 Å². The summed E-state index contributed by atoms with van der Waals surface area (Å²) in [5.41, 5.74) is 0. The largest absolute Gasteiger partial charge is 0.314 e. The molecule has 0 saturated carbocycles. The topological polar surface area (TPSA) is 18.5 Å². The highest BCUT2D eigenvalue weighted by molar-refractivity contribution is 4.58. The average Bonchev–Trinajstić information content (AvgIpc) is 2.24. The van der Waals surface area contributed by atoms with Crippen molar-refractivity contribution in [3.8, 4) is 0 Å². The van der Waals surface area contributed by atoms with Crippen molar-refractivity contribution in [2.75, 3.05) is 52.9 Å². The van der Waals surface area contributed by atoms with Gasteiger partial charge in [-0.2, -0.15) is 0 Å². The highest BCUT2D eigenvalue weighted by atomic mass is 15.1. The van der Waals surface area contributed by atoms with Gasteiger partial charge in [-0.1, -0.05) is 20.8 Å². The Morgan fingerprint density at radius 2 is 1.47 bits per heavy atom. The van der Waals surface area contributed by atoms with E-state index in [1.165, 1.54) is 19.5 Å². The van der Waals surface area contributed by atoms with Crippen LogP contribution in [0.3, 0.4) is 0 Å². The van der Waals surface area contributed by atoms with Crippen LogP contribution in [0.1, 0.15) is 27.2 Å². The molecule has 0 saturated heterocycles. The summed E-state index contributed by atoms with van der Waals surface area (Å²) < 4.78 is 0. The Labute approximate surface area is 95.8 Å². The first kappa shape index (κ1) is 14.9. The minimum Gasteiger partial charge on any atom is -0.314 e. The molecular formula is C12H29N3. The van der Waals surface area contributed by atoms with Gasteiger partial charge >= 0.3 is 0 Å². The van der Waals surface area contributed by atoms with E-state index >= 15 is 0 Å². The third-order valence-corrected chi connectivity index (χ3v) is 2.77. The third kappa shape index (κ3) is 8.85. The number of hydrogen-bond acceptors (Lipinski definition) is 3. The monoisotopic (exact) mass is 215 g/mol. The minimum atomic E-state index is 1.11. The summed E-state index contributed by atoms with van der Waals surface area (Å²) in [5, 5.41) is 3.49. The molecule has 0 atom stereocenters. The molecule has 0 rings (SSSR count). The van der Waals surface area contributed by atoms with Crippen LogP contribution in [0.25, 0.3) is 0 Å². The first-order valence-corrected chi connectivity index (χ1v) is 6.36. The second kappa shape index (κ2) is 10.4. The predicted octanol–water partition coefficient (Wildman–Crippen LogP) is 1.26. The lowest BCUT2D eigenvalue weighted by Gasteiger charge is -2.19. The second-order valence-electron chi connectivity index (χ2n) is 4.08. The fourth-order valence-corrected chi connectivity index (χ4v) is 1.67. The quantitative estimate of drug-likeness (QED) is 0.554. The van der Waals surface area contributed by atoms with Crippen LogP contribution in [-0.4, -0.2) is 62.7 Å². The number of likely N-dealkylation sites (N-methyl/N-ethyl adjacent to an activating group) is 2. The van der Waals surface area contributed by atoms with Crippen LogP contribution in [0.15, 0.2) is 0 Å². The van der Waals surface area contributed by atoms with Crippen LogP contribution >= 0.6 is 0 Å². The molecule has 0 spiro atoms. The van der Waals surface area contributed by atoms with Crippen molar-refractivity contribution in [1.29, 1.82) is 0 Å². The van der Waals surface area contributed by atoms with Gasteiger partial charge in [0.15, 0.2) is 0 Å². The molecule has 0 aliphatic carbocycles. The zero-order valence-electron chi connectivity index (χ0n) is 11.1. The molecule has 0 heterocycles. The SMILES string of the molecule is CCCN(C)CCNCCN(CC)CC. The summed E-state index contributed by atoms with van der Waals surface area (Å²) in [4.78, 5) is 4.83. The Bertz CT molecular complexity index is 124. The van der Waals surface area contributed by atoms with Crippen LogP contribution in [0.4, 0.5) is 0 Å². The van der Waals surface area contributed by atoms with Crippen molar-refractivity contribution in [2.45, 2.75) is 27.2 Å². The molecule has 15 heavy (non-hydrogen) atoms. The molecule has 0 aromatic heterocycles. The molecular weight excluding hydrogens is 186 g/mol. The second-order valence-corrected chi connectivity index (χ2v) is 4.08. The van der Waals surface area contributed by atoms with Crippen LogP contribution in [0.5, 0.6) is 0 Å². The number of nitrogens with one attached hydrogen (secondary N) is 1. The predicted molar refractivity (Wildman–Crippen MR) is 68.4 cm³/mol. The van der Waals surface area contributed by atoms with Gasteiger partial charge in [-0.3, -0.25) is 0 Å². The van der Waals surface area contributed by atoms with E-state index < -0.39 is 0 Å². The van der Waals surface area contributed by atoms with E-state index in [1.807, 2.05) is 0 Å². The van der Waals surface area contributed by atoms with Crippen molar-refractivity contribution in [2.24, 2.45) is 0 Å². The number of nitrogens with zero attached hydrogens (tertiary/aromatic N) is 2. The van der Waals surface area contributed by atoms with Crippen molar-refractivity contribution in [3.05, 3.63) is 0 Å². The van der Waals surface area contributed by atoms with Gasteiger partial charge in [0.25, 0.3) is 0 Å². The first-order chi connectivity index (χ1) is 7.24. The summed E-state index contributed by atoms with van der Waals surface area (Å²) in [6.07, 6.45) is 1.25. The van der Waals surface area contributed by atoms with Crippen LogP contribution in [-0.2, 0) is 0 Å². The Morgan fingerprint density at radius 3 is 2.00 bits per heavy atom. The molecule has 0 fully saturated rings. The lowest BCUT2D eigenvalue weighted by molar-refractivity contribution is 0.293. The molecule has 1 N–H and O–H groups in total. The zero-order valence-corrected chi connectivity index (χ0v) is 11.1. The van der Waals surface area contributed by atoms with Gasteiger partial charge in [0.2, 0.25) is 0 Å². The third-order valence-electron chi connectivity index (χ3n) is 2.77. The van der Waals surface area contributed by atoms with Gasteiger partial charge in [0.1, 0.15) is 0 Å². The Balaban J connectivity index is 3.23. The van der Waals surface area contributed by atoms with Gasteiger partial charge in [-0.15, -0.1) is 0 Å². The maximum atomic E-state index is 3.49. The van der Waals surface area contributed by atoms with E-state index in [4.69, 9.17) is 0 Å². The van der Waals surface area contributed by atoms with E-state index in [-0.39, 0.29) is 0 Å². The molecule has 0 radical (unpaired) electrons. The summed E-state index contributed by atoms with van der Waals surface area (Å²) in [6.45, 7) is 14.7. The highest BCUT2D eigenvalue weighted by Crippen LogP contribution is 1.85. The number of hydrogen-bond donors (Lipinski definition) is 1. The summed E-state index contributed by atoms with van der Waals surface area (Å²) in [6, 6.07) is 0. The van der Waals surface area contributed by atoms with E-state index in [2.05, 4.69) is 42.9 Å². The fourth-order valence-electron chi connectivity index (χ4n) is 1.67. The lowest BCUT2D eigenvalue weighted by Crippen LogP contribution is -2.35. The number of rotatable bonds is 10. The maximum absolute atomic E-state index is 3.49. The first-order valence-electron chi connectivity index (χ1n) is 6.36. The Kier molecular flexibility index (Phi) is 10.3. The van der Waals surface area contributed by atoms with Crippen LogP contribution < -0.4 is 5.32 Å². The molecule has 0 unspecified atom stereocenters. The summed E-state index contributed by atoms with van der Waals surface area (Å²) in [5.74, 6) is 0. The molecule has 0 aromatic rings. The maximum Gasteiger partial charge on any atom is 0.0107 e. The Hall–Kier alpha value is -0.120. The van der Waals surface area contributed by atoms with E-state index in [0.29, 0.717) is 0 Å². The highest BCUT2D eigenvalue weighted by Gasteiger charge is 1.98. The molecule has 0 amide bonds. The standard InChI is InChI=1S/C12H29N3/c1-5-10-14(4)11-8-13-9-12-15(6-2)7-3/h13H,5-12H2,1-4H3. The lowest BCUT2D eigenvalue weighted by atomic mass is 10.4. The average molecular weight is 215 g/mol. The summed E-state index contributed by atoms with van der Waals surface area (Å²) in [7, 11) is 2.19. The van der Waals surface area contributed by atoms with Crippen LogP contribution in [0.2, 0.25) is 0 Å². The smallest absolute Gasteiger partial charge is 0.0107 e. The zero-order chi connectivity index (χ0) is 11.5. The van der Waals surface area contributed by atoms with Gasteiger partial charge in [-0.25, -0.2) is 0 Å². The Morgan fingerprint density at radius 1 is 0.867 bits per heavy atom. The molecule has 0 aromatic carbocycles. The molecule has 0 aliphatic rings. The molecule has 3 heteroatoms. The van der Waals surface area contributed by atoms with Crippen molar-refractivity contribution in [1.82, 2.24) is 15.1 Å². The van der Waals surface area contributed by atoms with Gasteiger partial charge in [-0.05, 0) is 33.1 Å². The van der Waals surface area contributed by atoms with Gasteiger partial charge in [0.05, 0.1) is 0 Å². The van der Waals surface area contributed by atoms with Gasteiger partial charge in [0, 0.05) is 26.2 Å². The molecule has 0 bridgehead atoms. The minimum absolute atomic E-state index is 1.11. The van der Waals surface area contributed by atoms with Crippen molar-refractivity contribution in [3.63, 3.8) is 0 Å². The van der Waals surface area contributed by atoms with E-state index in [1.54, 1.807) is 0 Å². The molecule has 3 nitrogen and oxygen atoms in total. The summed E-state index contributed by atoms with van der Waals surface area (Å²) >= 11 is 0. The molecule has 92 valence electrons. The molecule has 0 aliphatic heterocycles. The van der Waals surface area contributed by atoms with Crippen LogP contribution in [0, 0.1) is 0 Å². The van der Waals surface area contributed by atoms with Gasteiger partial charge < -0.3 is 15.1 Å². The normalized spacial score (nSPS) is 11.6. The van der Waals surface area contributed by atoms with Crippen molar-refractivity contribution >= 4 is 0 Å². The fraction of sp³-hybridized carbons (Fsp3) is 1.00. The van der Waals surface area contributed by atoms with Crippen molar-refractivity contribution < 1.29 is 0 Å². The van der Waals surface area contributed by atoms with E-state index in [0.717, 1.165) is 32.7 Å².